The molecular formula is C21H22N2O5. The summed E-state index contributed by atoms with van der Waals surface area (Å²) in [6.45, 7) is 0.385. The van der Waals surface area contributed by atoms with Crippen molar-refractivity contribution in [1.29, 1.82) is 0 Å². The maximum absolute atomic E-state index is 12.7. The van der Waals surface area contributed by atoms with Crippen LogP contribution in [0.1, 0.15) is 16.1 Å². The minimum Gasteiger partial charge on any atom is -0.496 e. The summed E-state index contributed by atoms with van der Waals surface area (Å²) in [4.78, 5) is 14.3. The second-order valence-electron chi connectivity index (χ2n) is 6.13. The fourth-order valence-corrected chi connectivity index (χ4v) is 2.87. The molecule has 3 rings (SSSR count). The molecule has 0 unspecified atom stereocenters. The minimum atomic E-state index is -0.250. The normalized spacial score (nSPS) is 10.4. The van der Waals surface area contributed by atoms with E-state index in [4.69, 9.17) is 18.7 Å². The summed E-state index contributed by atoms with van der Waals surface area (Å²) in [7, 11) is 6.44. The molecule has 0 saturated carbocycles. The van der Waals surface area contributed by atoms with Crippen LogP contribution in [0.3, 0.4) is 0 Å². The van der Waals surface area contributed by atoms with Gasteiger partial charge in [0.1, 0.15) is 5.75 Å². The van der Waals surface area contributed by atoms with Crippen molar-refractivity contribution < 1.29 is 23.5 Å². The molecule has 7 nitrogen and oxygen atoms in total. The zero-order valence-electron chi connectivity index (χ0n) is 16.3. The number of benzene rings is 2. The van der Waals surface area contributed by atoms with Crippen LogP contribution in [-0.2, 0) is 6.54 Å². The second-order valence-corrected chi connectivity index (χ2v) is 6.13. The number of hydrogen-bond donors (Lipinski definition) is 0. The van der Waals surface area contributed by atoms with Gasteiger partial charge in [-0.3, -0.25) is 4.79 Å². The Bertz CT molecular complexity index is 967. The summed E-state index contributed by atoms with van der Waals surface area (Å²) in [6.07, 6.45) is 0. The van der Waals surface area contributed by atoms with Crippen molar-refractivity contribution in [2.24, 2.45) is 0 Å². The summed E-state index contributed by atoms with van der Waals surface area (Å²) in [5.74, 6) is 2.12. The summed E-state index contributed by atoms with van der Waals surface area (Å²) >= 11 is 0. The number of para-hydroxylation sites is 1. The van der Waals surface area contributed by atoms with E-state index in [1.54, 1.807) is 39.3 Å². The third-order valence-corrected chi connectivity index (χ3v) is 4.32. The molecule has 0 aliphatic rings. The van der Waals surface area contributed by atoms with E-state index in [1.165, 1.54) is 0 Å². The van der Waals surface area contributed by atoms with Crippen LogP contribution in [0.2, 0.25) is 0 Å². The van der Waals surface area contributed by atoms with Crippen LogP contribution in [0, 0.1) is 0 Å². The molecule has 0 radical (unpaired) electrons. The minimum absolute atomic E-state index is 0.226. The van der Waals surface area contributed by atoms with Crippen molar-refractivity contribution in [3.05, 3.63) is 59.8 Å². The molecule has 0 N–H and O–H groups in total. The van der Waals surface area contributed by atoms with Gasteiger partial charge in [0.25, 0.3) is 5.91 Å². The SMILES string of the molecule is COc1ccc(CN(C)C(=O)c2cc(-c3ccccc3OC)on2)cc1OC. The van der Waals surface area contributed by atoms with Gasteiger partial charge in [-0.2, -0.15) is 0 Å². The quantitative estimate of drug-likeness (QED) is 0.621. The molecule has 3 aromatic rings. The van der Waals surface area contributed by atoms with Gasteiger partial charge < -0.3 is 23.6 Å². The van der Waals surface area contributed by atoms with E-state index in [2.05, 4.69) is 5.16 Å². The Balaban J connectivity index is 1.76. The predicted molar refractivity (Wildman–Crippen MR) is 104 cm³/mol. The Kier molecular flexibility index (Phi) is 5.84. The van der Waals surface area contributed by atoms with Crippen molar-refractivity contribution in [2.45, 2.75) is 6.54 Å². The molecule has 0 saturated heterocycles. The van der Waals surface area contributed by atoms with Gasteiger partial charge in [-0.1, -0.05) is 23.4 Å². The third kappa shape index (κ3) is 3.93. The van der Waals surface area contributed by atoms with Crippen LogP contribution in [0.25, 0.3) is 11.3 Å². The molecule has 0 atom stereocenters. The molecule has 28 heavy (non-hydrogen) atoms. The Morgan fingerprint density at radius 1 is 0.964 bits per heavy atom. The second kappa shape index (κ2) is 8.47. The lowest BCUT2D eigenvalue weighted by Crippen LogP contribution is -2.26. The highest BCUT2D eigenvalue weighted by Gasteiger charge is 2.19. The Morgan fingerprint density at radius 3 is 2.39 bits per heavy atom. The molecule has 0 fully saturated rings. The Labute approximate surface area is 163 Å². The number of nitrogens with zero attached hydrogens (tertiary/aromatic N) is 2. The first kappa shape index (κ1) is 19.3. The van der Waals surface area contributed by atoms with Crippen molar-refractivity contribution in [3.8, 4) is 28.6 Å². The lowest BCUT2D eigenvalue weighted by atomic mass is 10.1. The van der Waals surface area contributed by atoms with Gasteiger partial charge in [-0.25, -0.2) is 0 Å². The van der Waals surface area contributed by atoms with Crippen molar-refractivity contribution in [3.63, 3.8) is 0 Å². The number of ether oxygens (including phenoxy) is 3. The number of hydrogen-bond acceptors (Lipinski definition) is 6. The fraction of sp³-hybridized carbons (Fsp3) is 0.238. The van der Waals surface area contributed by atoms with Crippen LogP contribution in [0.5, 0.6) is 17.2 Å². The van der Waals surface area contributed by atoms with E-state index in [1.807, 2.05) is 42.5 Å². The fourth-order valence-electron chi connectivity index (χ4n) is 2.87. The van der Waals surface area contributed by atoms with E-state index in [0.29, 0.717) is 29.6 Å². The first-order valence-electron chi connectivity index (χ1n) is 8.63. The van der Waals surface area contributed by atoms with E-state index in [-0.39, 0.29) is 11.6 Å². The number of aromatic nitrogens is 1. The number of carbonyl (C=O) groups excluding carboxylic acids is 1. The number of carbonyl (C=O) groups is 1. The van der Waals surface area contributed by atoms with Gasteiger partial charge in [-0.05, 0) is 29.8 Å². The Morgan fingerprint density at radius 2 is 1.68 bits per heavy atom. The van der Waals surface area contributed by atoms with E-state index < -0.39 is 0 Å². The summed E-state index contributed by atoms with van der Waals surface area (Å²) in [5, 5.41) is 3.93. The van der Waals surface area contributed by atoms with E-state index in [9.17, 15) is 4.79 Å². The largest absolute Gasteiger partial charge is 0.496 e. The monoisotopic (exact) mass is 382 g/mol. The van der Waals surface area contributed by atoms with Gasteiger partial charge >= 0.3 is 0 Å². The lowest BCUT2D eigenvalue weighted by Gasteiger charge is -2.17. The van der Waals surface area contributed by atoms with Gasteiger partial charge in [0.15, 0.2) is 23.0 Å². The highest BCUT2D eigenvalue weighted by molar-refractivity contribution is 5.93. The maximum Gasteiger partial charge on any atom is 0.276 e. The number of amides is 1. The number of rotatable bonds is 7. The van der Waals surface area contributed by atoms with Crippen LogP contribution in [-0.4, -0.2) is 44.3 Å². The van der Waals surface area contributed by atoms with Crippen LogP contribution >= 0.6 is 0 Å². The average Bonchev–Trinajstić information content (AvgIpc) is 3.22. The molecule has 1 amide bonds. The molecule has 2 aromatic carbocycles. The standard InChI is InChI=1S/C21H22N2O5/c1-23(13-14-9-10-18(26-3)20(11-14)27-4)21(24)16-12-19(28-22-16)15-7-5-6-8-17(15)25-2/h5-12H,13H2,1-4H3. The number of methoxy groups -OCH3 is 3. The summed E-state index contributed by atoms with van der Waals surface area (Å²) < 4.78 is 21.2. The van der Waals surface area contributed by atoms with Crippen LogP contribution in [0.4, 0.5) is 0 Å². The maximum atomic E-state index is 12.7. The topological polar surface area (TPSA) is 74.0 Å². The molecule has 1 aromatic heterocycles. The molecule has 0 aliphatic heterocycles. The van der Waals surface area contributed by atoms with Crippen LogP contribution in [0.15, 0.2) is 53.1 Å². The van der Waals surface area contributed by atoms with Gasteiger partial charge in [-0.15, -0.1) is 0 Å². The average molecular weight is 382 g/mol. The first-order valence-corrected chi connectivity index (χ1v) is 8.63. The Hall–Kier alpha value is -3.48. The smallest absolute Gasteiger partial charge is 0.276 e. The first-order chi connectivity index (χ1) is 13.6. The molecule has 0 spiro atoms. The summed E-state index contributed by atoms with van der Waals surface area (Å²) in [5.41, 5.74) is 1.87. The van der Waals surface area contributed by atoms with Gasteiger partial charge in [0.05, 0.1) is 26.9 Å². The zero-order chi connectivity index (χ0) is 20.1. The van der Waals surface area contributed by atoms with Crippen molar-refractivity contribution >= 4 is 5.91 Å². The lowest BCUT2D eigenvalue weighted by molar-refractivity contribution is 0.0774. The third-order valence-electron chi connectivity index (χ3n) is 4.32. The molecule has 146 valence electrons. The highest BCUT2D eigenvalue weighted by atomic mass is 16.5. The van der Waals surface area contributed by atoms with E-state index in [0.717, 1.165) is 11.1 Å². The molecule has 0 aliphatic carbocycles. The molecular weight excluding hydrogens is 360 g/mol. The molecule has 7 heteroatoms. The highest BCUT2D eigenvalue weighted by Crippen LogP contribution is 2.31. The van der Waals surface area contributed by atoms with Crippen LogP contribution < -0.4 is 14.2 Å². The van der Waals surface area contributed by atoms with Crippen molar-refractivity contribution in [1.82, 2.24) is 10.1 Å². The van der Waals surface area contributed by atoms with Gasteiger partial charge in [0, 0.05) is 19.7 Å². The van der Waals surface area contributed by atoms with Crippen molar-refractivity contribution in [2.75, 3.05) is 28.4 Å². The predicted octanol–water partition coefficient (Wildman–Crippen LogP) is 3.64. The van der Waals surface area contributed by atoms with Gasteiger partial charge in [0.2, 0.25) is 0 Å². The molecule has 0 bridgehead atoms. The molecule has 1 heterocycles. The summed E-state index contributed by atoms with van der Waals surface area (Å²) in [6, 6.07) is 14.5. The van der Waals surface area contributed by atoms with E-state index >= 15 is 0 Å². The zero-order valence-corrected chi connectivity index (χ0v) is 16.3.